The van der Waals surface area contributed by atoms with Crippen LogP contribution in [0.1, 0.15) is 19.8 Å². The van der Waals surface area contributed by atoms with Crippen LogP contribution in [-0.4, -0.2) is 41.7 Å². The van der Waals surface area contributed by atoms with Crippen LogP contribution in [0.15, 0.2) is 22.8 Å². The first-order chi connectivity index (χ1) is 9.19. The predicted molar refractivity (Wildman–Crippen MR) is 77.2 cm³/mol. The van der Waals surface area contributed by atoms with Gasteiger partial charge in [-0.05, 0) is 34.5 Å². The van der Waals surface area contributed by atoms with E-state index in [2.05, 4.69) is 33.2 Å². The molecule has 0 spiro atoms. The van der Waals surface area contributed by atoms with E-state index in [1.807, 2.05) is 6.07 Å². The first-order valence-corrected chi connectivity index (χ1v) is 7.27. The average molecular weight is 328 g/mol. The van der Waals surface area contributed by atoms with Gasteiger partial charge in [0.2, 0.25) is 0 Å². The van der Waals surface area contributed by atoms with Gasteiger partial charge in [-0.2, -0.15) is 0 Å². The molecule has 0 aromatic carbocycles. The molecular weight excluding hydrogens is 310 g/mol. The number of rotatable bonds is 3. The zero-order valence-electron chi connectivity index (χ0n) is 10.9. The third-order valence-corrected chi connectivity index (χ3v) is 3.47. The highest BCUT2D eigenvalue weighted by Gasteiger charge is 2.23. The van der Waals surface area contributed by atoms with E-state index in [0.29, 0.717) is 25.5 Å². The fourth-order valence-electron chi connectivity index (χ4n) is 2.04. The molecule has 104 valence electrons. The van der Waals surface area contributed by atoms with Crippen LogP contribution in [0.4, 0.5) is 10.6 Å². The summed E-state index contributed by atoms with van der Waals surface area (Å²) in [5.74, 6) is 0.562. The van der Waals surface area contributed by atoms with E-state index in [9.17, 15) is 4.79 Å². The van der Waals surface area contributed by atoms with Gasteiger partial charge < -0.3 is 9.64 Å². The summed E-state index contributed by atoms with van der Waals surface area (Å²) in [6, 6.07) is 3.51. The maximum Gasteiger partial charge on any atom is 0.323 e. The third-order valence-electron chi connectivity index (χ3n) is 3.00. The zero-order valence-corrected chi connectivity index (χ0v) is 12.5. The van der Waals surface area contributed by atoms with E-state index in [4.69, 9.17) is 4.74 Å². The van der Waals surface area contributed by atoms with Gasteiger partial charge in [-0.1, -0.05) is 13.3 Å². The number of carbonyl (C=O) groups is 1. The van der Waals surface area contributed by atoms with Crippen molar-refractivity contribution in [2.75, 3.05) is 25.0 Å². The number of halogens is 1. The molecule has 1 aliphatic heterocycles. The second-order valence-corrected chi connectivity index (χ2v) is 5.43. The molecule has 1 fully saturated rings. The highest BCUT2D eigenvalue weighted by molar-refractivity contribution is 9.10. The number of anilines is 1. The highest BCUT2D eigenvalue weighted by atomic mass is 79.9. The van der Waals surface area contributed by atoms with Crippen molar-refractivity contribution in [1.29, 1.82) is 0 Å². The molecule has 0 radical (unpaired) electrons. The molecule has 1 aromatic heterocycles. The molecule has 0 saturated carbocycles. The summed E-state index contributed by atoms with van der Waals surface area (Å²) < 4.78 is 6.51. The van der Waals surface area contributed by atoms with Crippen molar-refractivity contribution in [2.24, 2.45) is 0 Å². The monoisotopic (exact) mass is 327 g/mol. The van der Waals surface area contributed by atoms with Crippen molar-refractivity contribution in [1.82, 2.24) is 9.88 Å². The lowest BCUT2D eigenvalue weighted by atomic mass is 10.2. The Labute approximate surface area is 121 Å². The van der Waals surface area contributed by atoms with Crippen LogP contribution in [0.2, 0.25) is 0 Å². The fraction of sp³-hybridized carbons (Fsp3) is 0.538. The molecular formula is C13H18BrN3O2. The summed E-state index contributed by atoms with van der Waals surface area (Å²) in [6.07, 6.45) is 3.87. The smallest absolute Gasteiger partial charge is 0.323 e. The lowest BCUT2D eigenvalue weighted by Crippen LogP contribution is -2.47. The molecule has 0 unspecified atom stereocenters. The zero-order chi connectivity index (χ0) is 13.7. The molecule has 1 N–H and O–H groups in total. The van der Waals surface area contributed by atoms with Crippen molar-refractivity contribution in [2.45, 2.75) is 25.9 Å². The van der Waals surface area contributed by atoms with Gasteiger partial charge in [0.15, 0.2) is 0 Å². The lowest BCUT2D eigenvalue weighted by Gasteiger charge is -2.32. The first-order valence-electron chi connectivity index (χ1n) is 6.48. The fourth-order valence-corrected chi connectivity index (χ4v) is 2.27. The quantitative estimate of drug-likeness (QED) is 0.928. The summed E-state index contributed by atoms with van der Waals surface area (Å²) in [6.45, 7) is 4.00. The molecule has 1 aromatic rings. The normalized spacial score (nSPS) is 19.3. The second-order valence-electron chi connectivity index (χ2n) is 4.52. The van der Waals surface area contributed by atoms with Crippen LogP contribution >= 0.6 is 15.9 Å². The molecule has 1 saturated heterocycles. The number of nitrogens with one attached hydrogen (secondary N) is 1. The number of pyridine rings is 1. The number of ether oxygens (including phenoxy) is 1. The summed E-state index contributed by atoms with van der Waals surface area (Å²) in [4.78, 5) is 18.0. The van der Waals surface area contributed by atoms with Gasteiger partial charge in [0.05, 0.1) is 12.7 Å². The van der Waals surface area contributed by atoms with Crippen molar-refractivity contribution in [3.05, 3.63) is 22.8 Å². The van der Waals surface area contributed by atoms with Gasteiger partial charge in [-0.25, -0.2) is 9.78 Å². The standard InChI is InChI=1S/C13H18BrN3O2/c1-2-3-11-9-17(6-7-19-11)13(18)16-12-5-4-10(14)8-15-12/h4-5,8,11H,2-3,6-7,9H2,1H3,(H,15,16,18)/t11-/m1/s1. The Balaban J connectivity index is 1.90. The van der Waals surface area contributed by atoms with Gasteiger partial charge in [0, 0.05) is 23.8 Å². The Hall–Kier alpha value is -1.14. The van der Waals surface area contributed by atoms with Crippen LogP contribution < -0.4 is 5.32 Å². The van der Waals surface area contributed by atoms with Crippen LogP contribution in [0.3, 0.4) is 0 Å². The number of amides is 2. The van der Waals surface area contributed by atoms with Crippen molar-refractivity contribution in [3.8, 4) is 0 Å². The van der Waals surface area contributed by atoms with Crippen molar-refractivity contribution in [3.63, 3.8) is 0 Å². The van der Waals surface area contributed by atoms with E-state index in [1.54, 1.807) is 17.2 Å². The van der Waals surface area contributed by atoms with E-state index in [0.717, 1.165) is 17.3 Å². The van der Waals surface area contributed by atoms with Crippen LogP contribution in [0, 0.1) is 0 Å². The number of hydrogen-bond donors (Lipinski definition) is 1. The molecule has 1 atom stereocenters. The maximum absolute atomic E-state index is 12.1. The lowest BCUT2D eigenvalue weighted by molar-refractivity contribution is -0.0162. The topological polar surface area (TPSA) is 54.5 Å². The Morgan fingerprint density at radius 1 is 1.63 bits per heavy atom. The van der Waals surface area contributed by atoms with E-state index in [1.165, 1.54) is 0 Å². The molecule has 1 aliphatic rings. The minimum absolute atomic E-state index is 0.112. The van der Waals surface area contributed by atoms with E-state index in [-0.39, 0.29) is 12.1 Å². The van der Waals surface area contributed by atoms with E-state index >= 15 is 0 Å². The number of morpholine rings is 1. The van der Waals surface area contributed by atoms with Gasteiger partial charge in [-0.15, -0.1) is 0 Å². The summed E-state index contributed by atoms with van der Waals surface area (Å²) in [5, 5.41) is 2.80. The average Bonchev–Trinajstić information content (AvgIpc) is 2.42. The SMILES string of the molecule is CCC[C@@H]1CN(C(=O)Nc2ccc(Br)cn2)CCO1. The number of aromatic nitrogens is 1. The largest absolute Gasteiger partial charge is 0.375 e. The molecule has 0 aliphatic carbocycles. The summed E-state index contributed by atoms with van der Waals surface area (Å²) in [5.41, 5.74) is 0. The van der Waals surface area contributed by atoms with Crippen molar-refractivity contribution >= 4 is 27.8 Å². The number of urea groups is 1. The summed E-state index contributed by atoms with van der Waals surface area (Å²) in [7, 11) is 0. The molecule has 6 heteroatoms. The molecule has 5 nitrogen and oxygen atoms in total. The first kappa shape index (κ1) is 14.3. The van der Waals surface area contributed by atoms with Crippen LogP contribution in [0.5, 0.6) is 0 Å². The van der Waals surface area contributed by atoms with Crippen LogP contribution in [-0.2, 0) is 4.74 Å². The molecule has 2 rings (SSSR count). The molecule has 19 heavy (non-hydrogen) atoms. The Morgan fingerprint density at radius 3 is 3.16 bits per heavy atom. The van der Waals surface area contributed by atoms with Crippen molar-refractivity contribution < 1.29 is 9.53 Å². The predicted octanol–water partition coefficient (Wildman–Crippen LogP) is 2.88. The van der Waals surface area contributed by atoms with Crippen LogP contribution in [0.25, 0.3) is 0 Å². The van der Waals surface area contributed by atoms with Gasteiger partial charge in [0.1, 0.15) is 5.82 Å². The van der Waals surface area contributed by atoms with Gasteiger partial charge in [0.25, 0.3) is 0 Å². The third kappa shape index (κ3) is 4.18. The number of hydrogen-bond acceptors (Lipinski definition) is 3. The van der Waals surface area contributed by atoms with E-state index < -0.39 is 0 Å². The number of nitrogens with zero attached hydrogens (tertiary/aromatic N) is 2. The molecule has 2 amide bonds. The minimum Gasteiger partial charge on any atom is -0.375 e. The Morgan fingerprint density at radius 2 is 2.47 bits per heavy atom. The number of carbonyl (C=O) groups excluding carboxylic acids is 1. The molecule has 2 heterocycles. The highest BCUT2D eigenvalue weighted by Crippen LogP contribution is 2.14. The maximum atomic E-state index is 12.1. The van der Waals surface area contributed by atoms with Gasteiger partial charge in [-0.3, -0.25) is 5.32 Å². The van der Waals surface area contributed by atoms with Gasteiger partial charge >= 0.3 is 6.03 Å². The Bertz CT molecular complexity index is 422. The summed E-state index contributed by atoms with van der Waals surface area (Å²) >= 11 is 3.31. The Kier molecular flexibility index (Phi) is 5.15. The molecule has 0 bridgehead atoms. The minimum atomic E-state index is -0.112. The second kappa shape index (κ2) is 6.86.